The van der Waals surface area contributed by atoms with Crippen molar-refractivity contribution >= 4 is 23.4 Å². The van der Waals surface area contributed by atoms with Gasteiger partial charge in [-0.15, -0.1) is 11.8 Å². The van der Waals surface area contributed by atoms with Crippen LogP contribution in [0, 0.1) is 0 Å². The Labute approximate surface area is 134 Å². The normalized spacial score (nSPS) is 14.1. The van der Waals surface area contributed by atoms with Crippen molar-refractivity contribution in [3.63, 3.8) is 0 Å². The van der Waals surface area contributed by atoms with Crippen molar-refractivity contribution in [3.05, 3.63) is 48.0 Å². The van der Waals surface area contributed by atoms with Crippen LogP contribution in [-0.4, -0.2) is 25.9 Å². The van der Waals surface area contributed by atoms with Gasteiger partial charge in [0.25, 0.3) is 5.91 Å². The fourth-order valence-corrected chi connectivity index (χ4v) is 2.89. The second-order valence-corrected chi connectivity index (χ2v) is 5.79. The fourth-order valence-electron chi connectivity index (χ4n) is 2.48. The molecule has 114 valence electrons. The first-order valence-corrected chi connectivity index (χ1v) is 8.18. The van der Waals surface area contributed by atoms with Gasteiger partial charge in [-0.3, -0.25) is 4.79 Å². The first-order chi connectivity index (χ1) is 10.7. The molecule has 0 fully saturated rings. The number of carbonyl (C=O) groups excluding carboxylic acids is 1. The zero-order valence-electron chi connectivity index (χ0n) is 12.5. The van der Waals surface area contributed by atoms with Crippen LogP contribution in [0.2, 0.25) is 0 Å². The number of hydrogen-bond donors (Lipinski definition) is 0. The van der Waals surface area contributed by atoms with Crippen LogP contribution >= 0.6 is 11.8 Å². The van der Waals surface area contributed by atoms with Crippen LogP contribution < -0.4 is 14.4 Å². The van der Waals surface area contributed by atoms with Gasteiger partial charge in [-0.2, -0.15) is 0 Å². The monoisotopic (exact) mass is 315 g/mol. The minimum Gasteiger partial charge on any atom is -0.493 e. The molecule has 2 aromatic rings. The molecule has 0 aliphatic carbocycles. The first kappa shape index (κ1) is 14.8. The molecule has 0 saturated heterocycles. The lowest BCUT2D eigenvalue weighted by atomic mass is 10.1. The van der Waals surface area contributed by atoms with E-state index in [4.69, 9.17) is 9.47 Å². The molecule has 0 N–H and O–H groups in total. The van der Waals surface area contributed by atoms with Gasteiger partial charge in [0.05, 0.1) is 13.7 Å². The van der Waals surface area contributed by atoms with Gasteiger partial charge in [0.2, 0.25) is 0 Å². The Morgan fingerprint density at radius 1 is 1.18 bits per heavy atom. The second-order valence-electron chi connectivity index (χ2n) is 4.92. The summed E-state index contributed by atoms with van der Waals surface area (Å²) in [6, 6.07) is 13.7. The van der Waals surface area contributed by atoms with E-state index < -0.39 is 0 Å². The molecular weight excluding hydrogens is 298 g/mol. The molecular formula is C17H17NO3S. The van der Waals surface area contributed by atoms with E-state index >= 15 is 0 Å². The Kier molecular flexibility index (Phi) is 4.24. The van der Waals surface area contributed by atoms with E-state index in [1.54, 1.807) is 23.8 Å². The van der Waals surface area contributed by atoms with Crippen molar-refractivity contribution < 1.29 is 14.3 Å². The Balaban J connectivity index is 1.95. The molecule has 3 rings (SSSR count). The van der Waals surface area contributed by atoms with Gasteiger partial charge >= 0.3 is 0 Å². The number of para-hydroxylation sites is 1. The highest BCUT2D eigenvalue weighted by Gasteiger charge is 2.24. The lowest BCUT2D eigenvalue weighted by Gasteiger charge is -2.20. The molecule has 1 heterocycles. The van der Waals surface area contributed by atoms with E-state index in [0.29, 0.717) is 18.0 Å². The van der Waals surface area contributed by atoms with Crippen LogP contribution in [0.25, 0.3) is 0 Å². The highest BCUT2D eigenvalue weighted by molar-refractivity contribution is 7.98. The minimum absolute atomic E-state index is 0.0116. The van der Waals surface area contributed by atoms with E-state index in [0.717, 1.165) is 11.3 Å². The predicted molar refractivity (Wildman–Crippen MR) is 87.9 cm³/mol. The summed E-state index contributed by atoms with van der Waals surface area (Å²) in [5, 5.41) is 0. The zero-order chi connectivity index (χ0) is 15.5. The summed E-state index contributed by atoms with van der Waals surface area (Å²) in [5.74, 6) is 1.25. The maximum Gasteiger partial charge on any atom is 0.265 e. The molecule has 1 aliphatic rings. The van der Waals surface area contributed by atoms with Crippen molar-refractivity contribution in [2.45, 2.75) is 11.4 Å². The summed E-state index contributed by atoms with van der Waals surface area (Å²) in [7, 11) is 1.60. The Hall–Kier alpha value is -2.14. The van der Waals surface area contributed by atoms with Crippen LogP contribution in [0.1, 0.15) is 5.56 Å². The number of thioether (sulfide) groups is 1. The van der Waals surface area contributed by atoms with Crippen molar-refractivity contribution in [3.8, 4) is 11.5 Å². The second kappa shape index (κ2) is 6.32. The molecule has 0 aromatic heterocycles. The maximum absolute atomic E-state index is 12.4. The van der Waals surface area contributed by atoms with E-state index in [1.165, 1.54) is 4.90 Å². The molecule has 0 unspecified atom stereocenters. The number of ether oxygens (including phenoxy) is 2. The van der Waals surface area contributed by atoms with Crippen LogP contribution in [-0.2, 0) is 11.3 Å². The van der Waals surface area contributed by atoms with E-state index in [9.17, 15) is 4.79 Å². The lowest BCUT2D eigenvalue weighted by molar-refractivity contribution is -0.120. The molecule has 22 heavy (non-hydrogen) atoms. The molecule has 1 amide bonds. The Morgan fingerprint density at radius 2 is 1.95 bits per heavy atom. The number of fused-ring (bicyclic) bond motifs is 1. The zero-order valence-corrected chi connectivity index (χ0v) is 13.4. The molecule has 4 nitrogen and oxygen atoms in total. The Bertz CT molecular complexity index is 685. The standard InChI is InChI=1S/C17H17NO3S/c1-20-15-5-3-4-12-10-18(16(19)11-21-17(12)15)13-6-8-14(22-2)9-7-13/h3-9H,10-11H2,1-2H3. The third kappa shape index (κ3) is 2.76. The fraction of sp³-hybridized carbons (Fsp3) is 0.235. The minimum atomic E-state index is -0.0600. The summed E-state index contributed by atoms with van der Waals surface area (Å²) in [5.41, 5.74) is 1.82. The first-order valence-electron chi connectivity index (χ1n) is 6.96. The number of carbonyl (C=O) groups is 1. The maximum atomic E-state index is 12.4. The van der Waals surface area contributed by atoms with E-state index in [2.05, 4.69) is 0 Å². The van der Waals surface area contributed by atoms with Crippen LogP contribution in [0.15, 0.2) is 47.4 Å². The van der Waals surface area contributed by atoms with Crippen LogP contribution in [0.4, 0.5) is 5.69 Å². The summed E-state index contributed by atoms with van der Waals surface area (Å²) >= 11 is 1.68. The number of anilines is 1. The van der Waals surface area contributed by atoms with Gasteiger partial charge in [-0.25, -0.2) is 0 Å². The average molecular weight is 315 g/mol. The average Bonchev–Trinajstić information content (AvgIpc) is 2.74. The third-order valence-electron chi connectivity index (χ3n) is 3.63. The summed E-state index contributed by atoms with van der Waals surface area (Å²) in [6.45, 7) is 0.488. The highest BCUT2D eigenvalue weighted by atomic mass is 32.2. The smallest absolute Gasteiger partial charge is 0.265 e. The quantitative estimate of drug-likeness (QED) is 0.814. The number of nitrogens with zero attached hydrogens (tertiary/aromatic N) is 1. The summed E-state index contributed by atoms with van der Waals surface area (Å²) in [4.78, 5) is 15.3. The largest absolute Gasteiger partial charge is 0.493 e. The summed E-state index contributed by atoms with van der Waals surface area (Å²) in [6.07, 6.45) is 2.03. The van der Waals surface area contributed by atoms with Crippen molar-refractivity contribution in [1.82, 2.24) is 0 Å². The van der Waals surface area contributed by atoms with Crippen molar-refractivity contribution in [1.29, 1.82) is 0 Å². The molecule has 0 spiro atoms. The van der Waals surface area contributed by atoms with Gasteiger partial charge in [0.15, 0.2) is 18.1 Å². The number of amides is 1. The molecule has 5 heteroatoms. The topological polar surface area (TPSA) is 38.8 Å². The van der Waals surface area contributed by atoms with Gasteiger partial charge in [0, 0.05) is 16.1 Å². The number of rotatable bonds is 3. The van der Waals surface area contributed by atoms with Crippen LogP contribution in [0.3, 0.4) is 0 Å². The van der Waals surface area contributed by atoms with Crippen LogP contribution in [0.5, 0.6) is 11.5 Å². The Morgan fingerprint density at radius 3 is 2.64 bits per heavy atom. The molecule has 0 bridgehead atoms. The SMILES string of the molecule is COc1cccc2c1OCC(=O)N(c1ccc(SC)cc1)C2. The third-order valence-corrected chi connectivity index (χ3v) is 4.38. The van der Waals surface area contributed by atoms with E-state index in [-0.39, 0.29) is 12.5 Å². The lowest BCUT2D eigenvalue weighted by Crippen LogP contribution is -2.32. The number of hydrogen-bond acceptors (Lipinski definition) is 4. The summed E-state index contributed by atoms with van der Waals surface area (Å²) < 4.78 is 11.0. The van der Waals surface area contributed by atoms with Gasteiger partial charge in [-0.1, -0.05) is 12.1 Å². The molecule has 2 aromatic carbocycles. The number of methoxy groups -OCH3 is 1. The van der Waals surface area contributed by atoms with Gasteiger partial charge < -0.3 is 14.4 Å². The van der Waals surface area contributed by atoms with Crippen molar-refractivity contribution in [2.24, 2.45) is 0 Å². The predicted octanol–water partition coefficient (Wildman–Crippen LogP) is 3.34. The highest BCUT2D eigenvalue weighted by Crippen LogP contribution is 2.35. The molecule has 0 radical (unpaired) electrons. The van der Waals surface area contributed by atoms with Gasteiger partial charge in [0.1, 0.15) is 0 Å². The molecule has 1 aliphatic heterocycles. The number of benzene rings is 2. The molecule has 0 atom stereocenters. The van der Waals surface area contributed by atoms with E-state index in [1.807, 2.05) is 48.7 Å². The molecule has 0 saturated carbocycles. The van der Waals surface area contributed by atoms with Gasteiger partial charge in [-0.05, 0) is 36.6 Å². The van der Waals surface area contributed by atoms with Crippen molar-refractivity contribution in [2.75, 3.05) is 24.9 Å².